The van der Waals surface area contributed by atoms with Crippen LogP contribution in [0.15, 0.2) is 18.2 Å². The average molecular weight is 289 g/mol. The molecule has 5 heteroatoms. The molecule has 0 bridgehead atoms. The molecule has 1 aromatic carbocycles. The molecule has 0 unspecified atom stereocenters. The molecule has 0 spiro atoms. The number of carbonyl (C=O) groups is 2. The van der Waals surface area contributed by atoms with Crippen molar-refractivity contribution in [3.05, 3.63) is 34.9 Å². The Morgan fingerprint density at radius 1 is 1.43 bits per heavy atom. The van der Waals surface area contributed by atoms with E-state index in [1.807, 2.05) is 18.9 Å². The molecule has 0 aromatic heterocycles. The van der Waals surface area contributed by atoms with Crippen molar-refractivity contribution in [3.63, 3.8) is 0 Å². The Bertz CT molecular complexity index is 556. The Hall–Kier alpha value is -1.88. The third-order valence-corrected chi connectivity index (χ3v) is 4.06. The first-order valence-electron chi connectivity index (χ1n) is 7.25. The van der Waals surface area contributed by atoms with Crippen LogP contribution < -0.4 is 5.32 Å². The van der Waals surface area contributed by atoms with Crippen molar-refractivity contribution < 1.29 is 9.59 Å². The summed E-state index contributed by atoms with van der Waals surface area (Å²) in [5.41, 5.74) is 3.66. The number of nitrogens with zero attached hydrogens (tertiary/aromatic N) is 2. The molecule has 1 aliphatic rings. The molecule has 1 saturated heterocycles. The van der Waals surface area contributed by atoms with E-state index in [1.54, 1.807) is 0 Å². The lowest BCUT2D eigenvalue weighted by Crippen LogP contribution is -2.46. The summed E-state index contributed by atoms with van der Waals surface area (Å²) in [4.78, 5) is 27.2. The van der Waals surface area contributed by atoms with Crippen molar-refractivity contribution in [2.24, 2.45) is 0 Å². The molecule has 0 saturated carbocycles. The zero-order valence-corrected chi connectivity index (χ0v) is 13.1. The largest absolute Gasteiger partial charge is 0.336 e. The highest BCUT2D eigenvalue weighted by molar-refractivity contribution is 5.98. The summed E-state index contributed by atoms with van der Waals surface area (Å²) in [7, 11) is 1.91. The summed E-state index contributed by atoms with van der Waals surface area (Å²) >= 11 is 0. The van der Waals surface area contributed by atoms with Crippen molar-refractivity contribution in [3.8, 4) is 0 Å². The van der Waals surface area contributed by atoms with Crippen molar-refractivity contribution >= 4 is 11.9 Å². The van der Waals surface area contributed by atoms with E-state index in [-0.39, 0.29) is 18.0 Å². The minimum atomic E-state index is -0.324. The normalized spacial score (nSPS) is 16.2. The number of hydrogen-bond acceptors (Lipinski definition) is 3. The van der Waals surface area contributed by atoms with Gasteiger partial charge in [-0.2, -0.15) is 0 Å². The number of carbonyl (C=O) groups excluding carboxylic acids is 2. The van der Waals surface area contributed by atoms with Gasteiger partial charge in [-0.3, -0.25) is 14.6 Å². The second-order valence-corrected chi connectivity index (χ2v) is 5.74. The van der Waals surface area contributed by atoms with Crippen LogP contribution >= 0.6 is 0 Å². The average Bonchev–Trinajstić information content (AvgIpc) is 2.86. The Morgan fingerprint density at radius 2 is 2.14 bits per heavy atom. The van der Waals surface area contributed by atoms with Crippen LogP contribution in [0.2, 0.25) is 0 Å². The highest BCUT2D eigenvalue weighted by atomic mass is 16.2. The van der Waals surface area contributed by atoms with Crippen LogP contribution in [0.4, 0.5) is 4.79 Å². The van der Waals surface area contributed by atoms with Gasteiger partial charge in [0.1, 0.15) is 0 Å². The Balaban J connectivity index is 2.03. The molecular formula is C16H23N3O2. The van der Waals surface area contributed by atoms with Gasteiger partial charge in [-0.05, 0) is 38.9 Å². The molecular weight excluding hydrogens is 266 g/mol. The number of imide groups is 1. The molecule has 1 aromatic rings. The second kappa shape index (κ2) is 6.26. The molecule has 5 nitrogen and oxygen atoms in total. The first-order chi connectivity index (χ1) is 9.90. The summed E-state index contributed by atoms with van der Waals surface area (Å²) in [5.74, 6) is -0.141. The Kier molecular flexibility index (Phi) is 4.63. The summed E-state index contributed by atoms with van der Waals surface area (Å²) in [5, 5.41) is 2.66. The van der Waals surface area contributed by atoms with Crippen LogP contribution in [0, 0.1) is 13.8 Å². The molecule has 21 heavy (non-hydrogen) atoms. The van der Waals surface area contributed by atoms with E-state index in [4.69, 9.17) is 0 Å². The number of nitrogens with one attached hydrogen (secondary N) is 1. The first-order valence-corrected chi connectivity index (χ1v) is 7.25. The topological polar surface area (TPSA) is 52.7 Å². The number of urea groups is 1. The van der Waals surface area contributed by atoms with Gasteiger partial charge in [-0.1, -0.05) is 23.8 Å². The predicted octanol–water partition coefficient (Wildman–Crippen LogP) is 1.68. The Morgan fingerprint density at radius 3 is 2.71 bits per heavy atom. The minimum absolute atomic E-state index is 0.141. The fourth-order valence-electron chi connectivity index (χ4n) is 2.52. The van der Waals surface area contributed by atoms with Crippen molar-refractivity contribution in [1.29, 1.82) is 0 Å². The predicted molar refractivity (Wildman–Crippen MR) is 82.0 cm³/mol. The molecule has 1 aliphatic heterocycles. The zero-order valence-electron chi connectivity index (χ0n) is 13.1. The van der Waals surface area contributed by atoms with Gasteiger partial charge in [0.2, 0.25) is 5.91 Å². The molecule has 0 radical (unpaired) electrons. The molecule has 0 aliphatic carbocycles. The molecule has 3 amide bonds. The van der Waals surface area contributed by atoms with Crippen LogP contribution in [0.5, 0.6) is 0 Å². The van der Waals surface area contributed by atoms with E-state index in [2.05, 4.69) is 37.4 Å². The smallest absolute Gasteiger partial charge is 0.324 e. The van der Waals surface area contributed by atoms with Crippen LogP contribution in [0.3, 0.4) is 0 Å². The monoisotopic (exact) mass is 289 g/mol. The standard InChI is InChI=1S/C16H23N3O2/c1-11-5-6-14(12(2)9-11)10-18(4)13(3)15(20)19-8-7-17-16(19)21/h5-6,9,13H,7-8,10H2,1-4H3,(H,17,21)/t13-/m0/s1. The van der Waals surface area contributed by atoms with Gasteiger partial charge in [-0.15, -0.1) is 0 Å². The lowest BCUT2D eigenvalue weighted by molar-refractivity contribution is -0.132. The van der Waals surface area contributed by atoms with Gasteiger partial charge in [0.05, 0.1) is 6.04 Å². The number of likely N-dealkylation sites (N-methyl/N-ethyl adjacent to an activating group) is 1. The van der Waals surface area contributed by atoms with Crippen molar-refractivity contribution in [1.82, 2.24) is 15.1 Å². The van der Waals surface area contributed by atoms with E-state index >= 15 is 0 Å². The Labute approximate surface area is 125 Å². The molecule has 2 rings (SSSR count). The third-order valence-electron chi connectivity index (χ3n) is 4.06. The number of benzene rings is 1. The summed E-state index contributed by atoms with van der Waals surface area (Å²) in [6.45, 7) is 7.68. The highest BCUT2D eigenvalue weighted by Crippen LogP contribution is 2.15. The van der Waals surface area contributed by atoms with Gasteiger partial charge in [0, 0.05) is 19.6 Å². The van der Waals surface area contributed by atoms with E-state index in [0.717, 1.165) is 0 Å². The van der Waals surface area contributed by atoms with Crippen LogP contribution in [0.25, 0.3) is 0 Å². The zero-order chi connectivity index (χ0) is 15.6. The number of amides is 3. The van der Waals surface area contributed by atoms with E-state index in [9.17, 15) is 9.59 Å². The van der Waals surface area contributed by atoms with Gasteiger partial charge in [-0.25, -0.2) is 4.79 Å². The molecule has 1 fully saturated rings. The SMILES string of the molecule is Cc1ccc(CN(C)[C@@H](C)C(=O)N2CCNC2=O)c(C)c1. The van der Waals surface area contributed by atoms with Crippen molar-refractivity contribution in [2.75, 3.05) is 20.1 Å². The van der Waals surface area contributed by atoms with E-state index in [0.29, 0.717) is 19.6 Å². The summed E-state index contributed by atoms with van der Waals surface area (Å²) in [6.07, 6.45) is 0. The molecule has 114 valence electrons. The molecule has 1 N–H and O–H groups in total. The maximum absolute atomic E-state index is 12.3. The number of rotatable bonds is 4. The third kappa shape index (κ3) is 3.42. The van der Waals surface area contributed by atoms with Crippen molar-refractivity contribution in [2.45, 2.75) is 33.4 Å². The molecule has 1 atom stereocenters. The fraction of sp³-hybridized carbons (Fsp3) is 0.500. The molecule has 1 heterocycles. The first kappa shape index (κ1) is 15.5. The number of hydrogen-bond donors (Lipinski definition) is 1. The van der Waals surface area contributed by atoms with Crippen LogP contribution in [0.1, 0.15) is 23.6 Å². The van der Waals surface area contributed by atoms with Gasteiger partial charge < -0.3 is 5.32 Å². The van der Waals surface area contributed by atoms with Gasteiger partial charge in [0.15, 0.2) is 0 Å². The minimum Gasteiger partial charge on any atom is -0.336 e. The second-order valence-electron chi connectivity index (χ2n) is 5.74. The fourth-order valence-corrected chi connectivity index (χ4v) is 2.52. The maximum atomic E-state index is 12.3. The lowest BCUT2D eigenvalue weighted by atomic mass is 10.0. The van der Waals surface area contributed by atoms with E-state index < -0.39 is 0 Å². The summed E-state index contributed by atoms with van der Waals surface area (Å²) in [6, 6.07) is 5.71. The quantitative estimate of drug-likeness (QED) is 0.917. The lowest BCUT2D eigenvalue weighted by Gasteiger charge is -2.27. The maximum Gasteiger partial charge on any atom is 0.324 e. The van der Waals surface area contributed by atoms with Gasteiger partial charge in [0.25, 0.3) is 0 Å². The van der Waals surface area contributed by atoms with Gasteiger partial charge >= 0.3 is 6.03 Å². The number of aryl methyl sites for hydroxylation is 2. The van der Waals surface area contributed by atoms with E-state index in [1.165, 1.54) is 21.6 Å². The van der Waals surface area contributed by atoms with Crippen LogP contribution in [-0.4, -0.2) is 47.9 Å². The van der Waals surface area contributed by atoms with Crippen LogP contribution in [-0.2, 0) is 11.3 Å². The summed E-state index contributed by atoms with van der Waals surface area (Å²) < 4.78 is 0. The highest BCUT2D eigenvalue weighted by Gasteiger charge is 2.31.